The van der Waals surface area contributed by atoms with E-state index in [9.17, 15) is 9.59 Å². The number of carbonyl (C=O) groups excluding carboxylic acids is 2. The zero-order chi connectivity index (χ0) is 19.2. The molecule has 0 aliphatic carbocycles. The second-order valence-corrected chi connectivity index (χ2v) is 6.82. The van der Waals surface area contributed by atoms with Crippen LogP contribution in [0.5, 0.6) is 5.75 Å². The standard InChI is InChI=1S/C20H15ClN2O3S/c1-13(24)26-17-9-2-14(3-10-17)4-11-19(25)23-20-22-18(12-27-20)15-5-7-16(21)8-6-15/h2-12H,1H3,(H,22,23,25)/b11-4+. The molecular formula is C20H15ClN2O3S. The van der Waals surface area contributed by atoms with Crippen molar-refractivity contribution in [2.24, 2.45) is 0 Å². The summed E-state index contributed by atoms with van der Waals surface area (Å²) in [6.45, 7) is 1.34. The number of ether oxygens (including phenoxy) is 1. The molecule has 3 aromatic rings. The summed E-state index contributed by atoms with van der Waals surface area (Å²) in [6.07, 6.45) is 3.09. The van der Waals surface area contributed by atoms with E-state index in [1.165, 1.54) is 24.3 Å². The van der Waals surface area contributed by atoms with Crippen LogP contribution in [-0.2, 0) is 9.59 Å². The molecule has 2 aromatic carbocycles. The van der Waals surface area contributed by atoms with Crippen LogP contribution in [0.2, 0.25) is 5.02 Å². The normalized spacial score (nSPS) is 10.7. The first-order valence-electron chi connectivity index (χ1n) is 7.98. The van der Waals surface area contributed by atoms with Crippen LogP contribution in [0.4, 0.5) is 5.13 Å². The number of rotatable bonds is 5. The number of esters is 1. The maximum Gasteiger partial charge on any atom is 0.308 e. The van der Waals surface area contributed by atoms with E-state index in [0.29, 0.717) is 15.9 Å². The molecule has 0 saturated carbocycles. The van der Waals surface area contributed by atoms with Crippen LogP contribution in [0.25, 0.3) is 17.3 Å². The van der Waals surface area contributed by atoms with Gasteiger partial charge in [0, 0.05) is 29.0 Å². The highest BCUT2D eigenvalue weighted by atomic mass is 35.5. The van der Waals surface area contributed by atoms with Crippen LogP contribution in [0.15, 0.2) is 60.0 Å². The number of carbonyl (C=O) groups is 2. The fraction of sp³-hybridized carbons (Fsp3) is 0.0500. The monoisotopic (exact) mass is 398 g/mol. The lowest BCUT2D eigenvalue weighted by atomic mass is 10.2. The average Bonchev–Trinajstić information content (AvgIpc) is 3.09. The Morgan fingerprint density at radius 2 is 1.81 bits per heavy atom. The first-order valence-corrected chi connectivity index (χ1v) is 9.24. The Morgan fingerprint density at radius 1 is 1.11 bits per heavy atom. The van der Waals surface area contributed by atoms with Crippen molar-refractivity contribution in [3.05, 3.63) is 70.6 Å². The zero-order valence-electron chi connectivity index (χ0n) is 14.3. The van der Waals surface area contributed by atoms with Gasteiger partial charge < -0.3 is 4.74 Å². The molecule has 0 fully saturated rings. The number of benzene rings is 2. The Labute approximate surface area is 165 Å². The van der Waals surface area contributed by atoms with Crippen molar-refractivity contribution >= 4 is 46.0 Å². The molecule has 0 aliphatic rings. The molecule has 1 N–H and O–H groups in total. The Bertz CT molecular complexity index is 979. The fourth-order valence-electron chi connectivity index (χ4n) is 2.22. The molecule has 1 aromatic heterocycles. The third-order valence-corrected chi connectivity index (χ3v) is 4.45. The first kappa shape index (κ1) is 18.8. The molecule has 27 heavy (non-hydrogen) atoms. The lowest BCUT2D eigenvalue weighted by molar-refractivity contribution is -0.131. The minimum atomic E-state index is -0.376. The van der Waals surface area contributed by atoms with E-state index in [2.05, 4.69) is 10.3 Å². The second-order valence-electron chi connectivity index (χ2n) is 5.53. The molecule has 0 radical (unpaired) electrons. The van der Waals surface area contributed by atoms with Crippen LogP contribution in [0, 0.1) is 0 Å². The molecule has 0 spiro atoms. The number of anilines is 1. The van der Waals surface area contributed by atoms with Gasteiger partial charge in [-0.1, -0.05) is 35.9 Å². The van der Waals surface area contributed by atoms with Crippen LogP contribution in [-0.4, -0.2) is 16.9 Å². The van der Waals surface area contributed by atoms with E-state index in [1.54, 1.807) is 42.5 Å². The summed E-state index contributed by atoms with van der Waals surface area (Å²) in [7, 11) is 0. The van der Waals surface area contributed by atoms with E-state index in [0.717, 1.165) is 16.8 Å². The van der Waals surface area contributed by atoms with Gasteiger partial charge in [0.1, 0.15) is 5.75 Å². The summed E-state index contributed by atoms with van der Waals surface area (Å²) in [4.78, 5) is 27.4. The number of nitrogens with one attached hydrogen (secondary N) is 1. The summed E-state index contributed by atoms with van der Waals surface area (Å²) >= 11 is 7.23. The largest absolute Gasteiger partial charge is 0.427 e. The summed E-state index contributed by atoms with van der Waals surface area (Å²) < 4.78 is 4.96. The topological polar surface area (TPSA) is 68.3 Å². The number of aromatic nitrogens is 1. The van der Waals surface area contributed by atoms with Gasteiger partial charge in [0.15, 0.2) is 5.13 Å². The van der Waals surface area contributed by atoms with Gasteiger partial charge in [0.25, 0.3) is 0 Å². The maximum absolute atomic E-state index is 12.1. The van der Waals surface area contributed by atoms with E-state index < -0.39 is 0 Å². The van der Waals surface area contributed by atoms with Crippen LogP contribution < -0.4 is 10.1 Å². The molecule has 1 heterocycles. The molecular weight excluding hydrogens is 384 g/mol. The van der Waals surface area contributed by atoms with E-state index in [1.807, 2.05) is 17.5 Å². The quantitative estimate of drug-likeness (QED) is 0.371. The molecule has 5 nitrogen and oxygen atoms in total. The van der Waals surface area contributed by atoms with Crippen molar-refractivity contribution in [2.75, 3.05) is 5.32 Å². The number of nitrogens with zero attached hydrogens (tertiary/aromatic N) is 1. The molecule has 0 aliphatic heterocycles. The highest BCUT2D eigenvalue weighted by molar-refractivity contribution is 7.14. The Kier molecular flexibility index (Phi) is 6.01. The zero-order valence-corrected chi connectivity index (χ0v) is 15.9. The lowest BCUT2D eigenvalue weighted by Gasteiger charge is -2.01. The highest BCUT2D eigenvalue weighted by Crippen LogP contribution is 2.26. The Balaban J connectivity index is 1.60. The van der Waals surface area contributed by atoms with Crippen molar-refractivity contribution < 1.29 is 14.3 Å². The van der Waals surface area contributed by atoms with Crippen molar-refractivity contribution in [2.45, 2.75) is 6.92 Å². The third kappa shape index (κ3) is 5.51. The van der Waals surface area contributed by atoms with Gasteiger partial charge in [-0.3, -0.25) is 14.9 Å². The molecule has 7 heteroatoms. The van der Waals surface area contributed by atoms with Gasteiger partial charge in [-0.25, -0.2) is 4.98 Å². The maximum atomic E-state index is 12.1. The molecule has 1 amide bonds. The minimum Gasteiger partial charge on any atom is -0.427 e. The van der Waals surface area contributed by atoms with Crippen LogP contribution >= 0.6 is 22.9 Å². The summed E-state index contributed by atoms with van der Waals surface area (Å²) in [5, 5.41) is 5.78. The number of thiazole rings is 1. The van der Waals surface area contributed by atoms with Crippen molar-refractivity contribution in [1.82, 2.24) is 4.98 Å². The van der Waals surface area contributed by atoms with Gasteiger partial charge in [0.05, 0.1) is 5.69 Å². The highest BCUT2D eigenvalue weighted by Gasteiger charge is 2.06. The number of hydrogen-bond acceptors (Lipinski definition) is 5. The van der Waals surface area contributed by atoms with E-state index >= 15 is 0 Å². The smallest absolute Gasteiger partial charge is 0.308 e. The first-order chi connectivity index (χ1) is 13.0. The predicted molar refractivity (Wildman–Crippen MR) is 108 cm³/mol. The number of amides is 1. The molecule has 0 atom stereocenters. The van der Waals surface area contributed by atoms with Crippen LogP contribution in [0.3, 0.4) is 0 Å². The Hall–Kier alpha value is -2.96. The molecule has 0 bridgehead atoms. The van der Waals surface area contributed by atoms with E-state index in [4.69, 9.17) is 16.3 Å². The summed E-state index contributed by atoms with van der Waals surface area (Å²) in [6, 6.07) is 14.2. The van der Waals surface area contributed by atoms with Gasteiger partial charge in [-0.2, -0.15) is 0 Å². The van der Waals surface area contributed by atoms with Gasteiger partial charge in [-0.15, -0.1) is 11.3 Å². The Morgan fingerprint density at radius 3 is 2.48 bits per heavy atom. The van der Waals surface area contributed by atoms with Crippen LogP contribution in [0.1, 0.15) is 12.5 Å². The van der Waals surface area contributed by atoms with Gasteiger partial charge >= 0.3 is 5.97 Å². The SMILES string of the molecule is CC(=O)Oc1ccc(/C=C/C(=O)Nc2nc(-c3ccc(Cl)cc3)cs2)cc1. The minimum absolute atomic E-state index is 0.281. The lowest BCUT2D eigenvalue weighted by Crippen LogP contribution is -2.07. The summed E-state index contributed by atoms with van der Waals surface area (Å²) in [5.41, 5.74) is 2.51. The summed E-state index contributed by atoms with van der Waals surface area (Å²) in [5.74, 6) is -0.197. The predicted octanol–water partition coefficient (Wildman–Crippen LogP) is 5.04. The third-order valence-electron chi connectivity index (χ3n) is 3.44. The fourth-order valence-corrected chi connectivity index (χ4v) is 3.06. The number of hydrogen-bond donors (Lipinski definition) is 1. The van der Waals surface area contributed by atoms with Crippen molar-refractivity contribution in [3.63, 3.8) is 0 Å². The van der Waals surface area contributed by atoms with Crippen molar-refractivity contribution in [3.8, 4) is 17.0 Å². The molecule has 0 unspecified atom stereocenters. The van der Waals surface area contributed by atoms with Gasteiger partial charge in [-0.05, 0) is 35.9 Å². The average molecular weight is 399 g/mol. The second kappa shape index (κ2) is 8.62. The van der Waals surface area contributed by atoms with Gasteiger partial charge in [0.2, 0.25) is 5.91 Å². The van der Waals surface area contributed by atoms with E-state index in [-0.39, 0.29) is 11.9 Å². The molecule has 0 saturated heterocycles. The van der Waals surface area contributed by atoms with Crippen molar-refractivity contribution in [1.29, 1.82) is 0 Å². The molecule has 3 rings (SSSR count). The number of halogens is 1. The molecule has 136 valence electrons.